The van der Waals surface area contributed by atoms with Crippen LogP contribution in [0.4, 0.5) is 5.69 Å². The lowest BCUT2D eigenvalue weighted by atomic mass is 9.89. The third-order valence-corrected chi connectivity index (χ3v) is 5.26. The molecule has 0 amide bonds. The largest absolute Gasteiger partial charge is 0.493 e. The summed E-state index contributed by atoms with van der Waals surface area (Å²) < 4.78 is 16.4. The van der Waals surface area contributed by atoms with E-state index in [2.05, 4.69) is 22.3 Å². The molecule has 1 unspecified atom stereocenters. The van der Waals surface area contributed by atoms with Crippen LogP contribution in [0, 0.1) is 0 Å². The number of piperazine rings is 1. The lowest BCUT2D eigenvalue weighted by Crippen LogP contribution is -2.43. The third-order valence-electron chi connectivity index (χ3n) is 5.26. The predicted molar refractivity (Wildman–Crippen MR) is 103 cm³/mol. The van der Waals surface area contributed by atoms with Crippen molar-refractivity contribution in [2.24, 2.45) is 0 Å². The van der Waals surface area contributed by atoms with Gasteiger partial charge >= 0.3 is 5.97 Å². The van der Waals surface area contributed by atoms with Gasteiger partial charge in [0.15, 0.2) is 11.5 Å². The van der Waals surface area contributed by atoms with Crippen molar-refractivity contribution in [1.82, 2.24) is 5.32 Å². The van der Waals surface area contributed by atoms with E-state index in [9.17, 15) is 4.79 Å². The minimum Gasteiger partial charge on any atom is -0.493 e. The second-order valence-electron chi connectivity index (χ2n) is 6.82. The van der Waals surface area contributed by atoms with Crippen LogP contribution in [-0.2, 0) is 11.2 Å². The second kappa shape index (κ2) is 7.48. The highest BCUT2D eigenvalue weighted by Gasteiger charge is 2.31. The summed E-state index contributed by atoms with van der Waals surface area (Å²) >= 11 is 0. The standard InChI is InChI=1S/C21H24N2O4/c1-25-18-6-4-14(12-20(18)26-2)17-11-15-3-5-16(13-19(15)27-21(17)24)23-9-7-22-8-10-23/h3-6,12-13,17,22H,7-11H2,1-2H3. The van der Waals surface area contributed by atoms with Crippen LogP contribution in [0.25, 0.3) is 0 Å². The normalized spacial score (nSPS) is 19.3. The first-order chi connectivity index (χ1) is 13.2. The first-order valence-corrected chi connectivity index (χ1v) is 9.22. The van der Waals surface area contributed by atoms with E-state index >= 15 is 0 Å². The first kappa shape index (κ1) is 17.7. The molecule has 1 fully saturated rings. The van der Waals surface area contributed by atoms with Gasteiger partial charge in [0.1, 0.15) is 5.75 Å². The van der Waals surface area contributed by atoms with E-state index in [0.717, 1.165) is 43.0 Å². The van der Waals surface area contributed by atoms with Gasteiger partial charge in [0.05, 0.1) is 20.1 Å². The summed E-state index contributed by atoms with van der Waals surface area (Å²) in [4.78, 5) is 15.0. The molecule has 4 rings (SSSR count). The molecule has 0 spiro atoms. The smallest absolute Gasteiger partial charge is 0.319 e. The topological polar surface area (TPSA) is 60.0 Å². The fraction of sp³-hybridized carbons (Fsp3) is 0.381. The van der Waals surface area contributed by atoms with Crippen molar-refractivity contribution in [2.75, 3.05) is 45.3 Å². The molecule has 1 saturated heterocycles. The zero-order valence-corrected chi connectivity index (χ0v) is 15.7. The highest BCUT2D eigenvalue weighted by atomic mass is 16.5. The molecule has 0 aliphatic carbocycles. The highest BCUT2D eigenvalue weighted by molar-refractivity contribution is 5.84. The molecule has 2 heterocycles. The Morgan fingerprint density at radius 2 is 1.81 bits per heavy atom. The van der Waals surface area contributed by atoms with Crippen molar-refractivity contribution in [3.63, 3.8) is 0 Å². The third kappa shape index (κ3) is 3.45. The summed E-state index contributed by atoms with van der Waals surface area (Å²) in [6.07, 6.45) is 0.617. The number of hydrogen-bond donors (Lipinski definition) is 1. The summed E-state index contributed by atoms with van der Waals surface area (Å²) in [6.45, 7) is 3.86. The molecule has 2 aliphatic rings. The Bertz CT molecular complexity index is 846. The van der Waals surface area contributed by atoms with Gasteiger partial charge in [-0.2, -0.15) is 0 Å². The van der Waals surface area contributed by atoms with Crippen molar-refractivity contribution in [1.29, 1.82) is 0 Å². The second-order valence-corrected chi connectivity index (χ2v) is 6.82. The number of fused-ring (bicyclic) bond motifs is 1. The Hall–Kier alpha value is -2.73. The molecule has 0 saturated carbocycles. The molecule has 2 aromatic rings. The highest BCUT2D eigenvalue weighted by Crippen LogP contribution is 2.38. The number of nitrogens with zero attached hydrogens (tertiary/aromatic N) is 1. The van der Waals surface area contributed by atoms with Crippen molar-refractivity contribution in [3.05, 3.63) is 47.5 Å². The molecule has 0 aromatic heterocycles. The summed E-state index contributed by atoms with van der Waals surface area (Å²) in [5, 5.41) is 3.35. The first-order valence-electron chi connectivity index (χ1n) is 9.22. The number of rotatable bonds is 4. The average molecular weight is 368 g/mol. The quantitative estimate of drug-likeness (QED) is 0.660. The molecule has 6 nitrogen and oxygen atoms in total. The Kier molecular flexibility index (Phi) is 4.90. The molecule has 2 aromatic carbocycles. The number of hydrogen-bond acceptors (Lipinski definition) is 6. The van der Waals surface area contributed by atoms with Crippen LogP contribution in [-0.4, -0.2) is 46.4 Å². The van der Waals surface area contributed by atoms with Gasteiger partial charge in [-0.25, -0.2) is 0 Å². The van der Waals surface area contributed by atoms with Crippen molar-refractivity contribution in [2.45, 2.75) is 12.3 Å². The Labute approximate surface area is 159 Å². The zero-order valence-electron chi connectivity index (χ0n) is 15.7. The van der Waals surface area contributed by atoms with E-state index < -0.39 is 0 Å². The summed E-state index contributed by atoms with van der Waals surface area (Å²) in [6, 6.07) is 11.8. The number of esters is 1. The maximum atomic E-state index is 12.7. The van der Waals surface area contributed by atoms with Crippen LogP contribution in [0.5, 0.6) is 17.2 Å². The van der Waals surface area contributed by atoms with Gasteiger partial charge in [0.2, 0.25) is 0 Å². The monoisotopic (exact) mass is 368 g/mol. The Morgan fingerprint density at radius 1 is 1.04 bits per heavy atom. The Balaban J connectivity index is 1.59. The number of ether oxygens (including phenoxy) is 3. The lowest BCUT2D eigenvalue weighted by molar-refractivity contribution is -0.137. The molecule has 0 bridgehead atoms. The van der Waals surface area contributed by atoms with Gasteiger partial charge in [-0.3, -0.25) is 4.79 Å². The molecule has 1 atom stereocenters. The minimum atomic E-state index is -0.345. The van der Waals surface area contributed by atoms with E-state index in [0.29, 0.717) is 23.7 Å². The Morgan fingerprint density at radius 3 is 2.56 bits per heavy atom. The molecular formula is C21H24N2O4. The van der Waals surface area contributed by atoms with E-state index in [-0.39, 0.29) is 11.9 Å². The van der Waals surface area contributed by atoms with Crippen molar-refractivity contribution >= 4 is 11.7 Å². The van der Waals surface area contributed by atoms with E-state index in [1.807, 2.05) is 24.3 Å². The molecule has 142 valence electrons. The molecule has 6 heteroatoms. The lowest BCUT2D eigenvalue weighted by Gasteiger charge is -2.31. The zero-order chi connectivity index (χ0) is 18.8. The van der Waals surface area contributed by atoms with E-state index in [4.69, 9.17) is 14.2 Å². The van der Waals surface area contributed by atoms with Crippen molar-refractivity contribution < 1.29 is 19.0 Å². The van der Waals surface area contributed by atoms with Gasteiger partial charge in [-0.1, -0.05) is 12.1 Å². The molecule has 1 N–H and O–H groups in total. The number of carbonyl (C=O) groups excluding carboxylic acids is 1. The molecule has 0 radical (unpaired) electrons. The number of carbonyl (C=O) groups is 1. The molecule has 27 heavy (non-hydrogen) atoms. The number of benzene rings is 2. The number of anilines is 1. The van der Waals surface area contributed by atoms with Gasteiger partial charge in [-0.05, 0) is 35.7 Å². The van der Waals surface area contributed by atoms with Gasteiger partial charge < -0.3 is 24.4 Å². The maximum Gasteiger partial charge on any atom is 0.319 e. The van der Waals surface area contributed by atoms with Crippen molar-refractivity contribution in [3.8, 4) is 17.2 Å². The van der Waals surface area contributed by atoms with Crippen LogP contribution in [0.3, 0.4) is 0 Å². The van der Waals surface area contributed by atoms with Crippen LogP contribution >= 0.6 is 0 Å². The SMILES string of the molecule is COc1ccc(C2Cc3ccc(N4CCNCC4)cc3OC2=O)cc1OC. The average Bonchev–Trinajstić information content (AvgIpc) is 2.73. The number of methoxy groups -OCH3 is 2. The maximum absolute atomic E-state index is 12.7. The summed E-state index contributed by atoms with van der Waals surface area (Å²) in [7, 11) is 3.19. The van der Waals surface area contributed by atoms with Crippen LogP contribution in [0.2, 0.25) is 0 Å². The van der Waals surface area contributed by atoms with E-state index in [1.165, 1.54) is 0 Å². The van der Waals surface area contributed by atoms with Crippen LogP contribution in [0.15, 0.2) is 36.4 Å². The fourth-order valence-electron chi connectivity index (χ4n) is 3.73. The number of nitrogens with one attached hydrogen (secondary N) is 1. The fourth-order valence-corrected chi connectivity index (χ4v) is 3.73. The van der Waals surface area contributed by atoms with E-state index in [1.54, 1.807) is 14.2 Å². The van der Waals surface area contributed by atoms with Gasteiger partial charge in [0, 0.05) is 37.9 Å². The summed E-state index contributed by atoms with van der Waals surface area (Å²) in [5.74, 6) is 1.36. The minimum absolute atomic E-state index is 0.229. The van der Waals surface area contributed by atoms with Crippen LogP contribution in [0.1, 0.15) is 17.0 Å². The summed E-state index contributed by atoms with van der Waals surface area (Å²) in [5.41, 5.74) is 3.02. The van der Waals surface area contributed by atoms with Crippen LogP contribution < -0.4 is 24.4 Å². The van der Waals surface area contributed by atoms with Gasteiger partial charge in [0.25, 0.3) is 0 Å². The predicted octanol–water partition coefficient (Wildman–Crippen LogP) is 2.36. The molecule has 2 aliphatic heterocycles. The van der Waals surface area contributed by atoms with Gasteiger partial charge in [-0.15, -0.1) is 0 Å². The molecular weight excluding hydrogens is 344 g/mol.